The second-order valence-electron chi connectivity index (χ2n) is 7.08. The number of carbonyl (C=O) groups excluding carboxylic acids is 1. The summed E-state index contributed by atoms with van der Waals surface area (Å²) >= 11 is 0. The van der Waals surface area contributed by atoms with E-state index in [9.17, 15) is 4.79 Å². The van der Waals surface area contributed by atoms with Gasteiger partial charge in [-0.1, -0.05) is 18.2 Å². The third kappa shape index (κ3) is 4.25. The molecule has 3 heterocycles. The molecule has 146 valence electrons. The van der Waals surface area contributed by atoms with Crippen molar-refractivity contribution in [3.63, 3.8) is 0 Å². The van der Waals surface area contributed by atoms with Crippen molar-refractivity contribution in [3.05, 3.63) is 54.1 Å². The summed E-state index contributed by atoms with van der Waals surface area (Å²) in [6.45, 7) is 4.84. The Morgan fingerprint density at radius 3 is 2.79 bits per heavy atom. The number of hydrogen-bond donors (Lipinski definition) is 1. The standard InChI is InChI=1S/C19H24N8O/c1-15(16-11-20-26(12-16)17-7-3-2-4-8-17)21-19(28)14-27-18(22-23-24-27)13-25-9-5-6-10-25/h2-4,7-8,11-12,15H,5-6,9-10,13-14H2,1H3,(H,21,28). The molecule has 0 bridgehead atoms. The molecule has 28 heavy (non-hydrogen) atoms. The Balaban J connectivity index is 1.35. The topological polar surface area (TPSA) is 93.8 Å². The Morgan fingerprint density at radius 1 is 1.21 bits per heavy atom. The molecule has 1 unspecified atom stereocenters. The van der Waals surface area contributed by atoms with Gasteiger partial charge in [-0.15, -0.1) is 5.10 Å². The Kier molecular flexibility index (Phi) is 5.43. The van der Waals surface area contributed by atoms with Gasteiger partial charge in [0.1, 0.15) is 6.54 Å². The van der Waals surface area contributed by atoms with Crippen molar-refractivity contribution < 1.29 is 4.79 Å². The highest BCUT2D eigenvalue weighted by Gasteiger charge is 2.18. The Morgan fingerprint density at radius 2 is 2.00 bits per heavy atom. The number of carbonyl (C=O) groups is 1. The van der Waals surface area contributed by atoms with E-state index in [-0.39, 0.29) is 18.5 Å². The van der Waals surface area contributed by atoms with Gasteiger partial charge in [0.15, 0.2) is 5.82 Å². The van der Waals surface area contributed by atoms with Crippen LogP contribution < -0.4 is 5.32 Å². The maximum Gasteiger partial charge on any atom is 0.242 e. The van der Waals surface area contributed by atoms with E-state index in [4.69, 9.17) is 0 Å². The van der Waals surface area contributed by atoms with E-state index in [1.165, 1.54) is 12.8 Å². The van der Waals surface area contributed by atoms with Crippen molar-refractivity contribution in [3.8, 4) is 5.69 Å². The molecule has 1 aromatic carbocycles. The van der Waals surface area contributed by atoms with Crippen LogP contribution >= 0.6 is 0 Å². The van der Waals surface area contributed by atoms with Crippen LogP contribution in [0.1, 0.15) is 37.2 Å². The molecule has 1 N–H and O–H groups in total. The second-order valence-corrected chi connectivity index (χ2v) is 7.08. The zero-order chi connectivity index (χ0) is 19.3. The van der Waals surface area contributed by atoms with Gasteiger partial charge in [-0.25, -0.2) is 9.36 Å². The van der Waals surface area contributed by atoms with Gasteiger partial charge >= 0.3 is 0 Å². The van der Waals surface area contributed by atoms with Crippen LogP contribution in [0.5, 0.6) is 0 Å². The van der Waals surface area contributed by atoms with E-state index >= 15 is 0 Å². The lowest BCUT2D eigenvalue weighted by Gasteiger charge is -2.15. The van der Waals surface area contributed by atoms with Gasteiger partial charge in [0.2, 0.25) is 5.91 Å². The number of aromatic nitrogens is 6. The maximum absolute atomic E-state index is 12.5. The smallest absolute Gasteiger partial charge is 0.242 e. The lowest BCUT2D eigenvalue weighted by atomic mass is 10.2. The van der Waals surface area contributed by atoms with Crippen molar-refractivity contribution >= 4 is 5.91 Å². The minimum Gasteiger partial charge on any atom is -0.348 e. The number of likely N-dealkylation sites (tertiary alicyclic amines) is 1. The summed E-state index contributed by atoms with van der Waals surface area (Å²) in [5, 5.41) is 19.2. The van der Waals surface area contributed by atoms with Crippen molar-refractivity contribution in [1.29, 1.82) is 0 Å². The summed E-state index contributed by atoms with van der Waals surface area (Å²) in [5.41, 5.74) is 1.92. The number of hydrogen-bond acceptors (Lipinski definition) is 6. The number of nitrogens with one attached hydrogen (secondary N) is 1. The van der Waals surface area contributed by atoms with Gasteiger partial charge in [0, 0.05) is 11.8 Å². The molecule has 9 heteroatoms. The average molecular weight is 380 g/mol. The number of amides is 1. The zero-order valence-corrected chi connectivity index (χ0v) is 15.9. The molecule has 2 aromatic heterocycles. The van der Waals surface area contributed by atoms with Gasteiger partial charge in [-0.05, 0) is 55.4 Å². The summed E-state index contributed by atoms with van der Waals surface area (Å²) in [6, 6.07) is 9.71. The average Bonchev–Trinajstić information content (AvgIpc) is 3.45. The third-order valence-corrected chi connectivity index (χ3v) is 4.96. The molecular weight excluding hydrogens is 356 g/mol. The second kappa shape index (κ2) is 8.30. The van der Waals surface area contributed by atoms with Crippen molar-refractivity contribution in [2.45, 2.75) is 38.9 Å². The van der Waals surface area contributed by atoms with E-state index in [0.29, 0.717) is 6.54 Å². The third-order valence-electron chi connectivity index (χ3n) is 4.96. The van der Waals surface area contributed by atoms with Crippen LogP contribution in [0, 0.1) is 0 Å². The number of tetrazole rings is 1. The van der Waals surface area contributed by atoms with E-state index in [1.807, 2.05) is 43.5 Å². The molecule has 3 aromatic rings. The van der Waals surface area contributed by atoms with Gasteiger partial charge in [-0.3, -0.25) is 9.69 Å². The first-order valence-electron chi connectivity index (χ1n) is 9.56. The molecule has 0 aliphatic carbocycles. The molecule has 1 saturated heterocycles. The van der Waals surface area contributed by atoms with Crippen LogP contribution in [0.15, 0.2) is 42.7 Å². The molecule has 4 rings (SSSR count). The van der Waals surface area contributed by atoms with Crippen LogP contribution in [0.4, 0.5) is 0 Å². The van der Waals surface area contributed by atoms with E-state index in [1.54, 1.807) is 15.6 Å². The first-order chi connectivity index (χ1) is 13.7. The van der Waals surface area contributed by atoms with E-state index < -0.39 is 0 Å². The summed E-state index contributed by atoms with van der Waals surface area (Å²) < 4.78 is 3.38. The number of benzene rings is 1. The summed E-state index contributed by atoms with van der Waals surface area (Å²) in [4.78, 5) is 14.8. The molecule has 1 fully saturated rings. The predicted octanol–water partition coefficient (Wildman–Crippen LogP) is 1.33. The number of nitrogens with zero attached hydrogens (tertiary/aromatic N) is 7. The molecule has 1 aliphatic heterocycles. The monoisotopic (exact) mass is 380 g/mol. The van der Waals surface area contributed by atoms with Crippen LogP contribution in [0.25, 0.3) is 5.69 Å². The first kappa shape index (κ1) is 18.3. The SMILES string of the molecule is CC(NC(=O)Cn1nnnc1CN1CCCC1)c1cnn(-c2ccccc2)c1. The lowest BCUT2D eigenvalue weighted by Crippen LogP contribution is -2.31. The molecule has 0 radical (unpaired) electrons. The predicted molar refractivity (Wildman–Crippen MR) is 102 cm³/mol. The minimum atomic E-state index is -0.163. The van der Waals surface area contributed by atoms with Gasteiger partial charge in [-0.2, -0.15) is 5.10 Å². The highest BCUT2D eigenvalue weighted by atomic mass is 16.2. The van der Waals surface area contributed by atoms with Crippen LogP contribution in [0.2, 0.25) is 0 Å². The van der Waals surface area contributed by atoms with Crippen molar-refractivity contribution in [2.24, 2.45) is 0 Å². The van der Waals surface area contributed by atoms with Gasteiger partial charge in [0.05, 0.1) is 24.5 Å². The number of rotatable bonds is 7. The first-order valence-corrected chi connectivity index (χ1v) is 9.56. The summed E-state index contributed by atoms with van der Waals surface area (Å²) in [7, 11) is 0. The quantitative estimate of drug-likeness (QED) is 0.665. The fraction of sp³-hybridized carbons (Fsp3) is 0.421. The highest BCUT2D eigenvalue weighted by molar-refractivity contribution is 5.76. The van der Waals surface area contributed by atoms with Crippen molar-refractivity contribution in [2.75, 3.05) is 13.1 Å². The molecule has 1 amide bonds. The normalized spacial score (nSPS) is 15.6. The van der Waals surface area contributed by atoms with Gasteiger partial charge < -0.3 is 5.32 Å². The molecule has 1 atom stereocenters. The van der Waals surface area contributed by atoms with Crippen LogP contribution in [-0.2, 0) is 17.9 Å². The largest absolute Gasteiger partial charge is 0.348 e. The van der Waals surface area contributed by atoms with Crippen molar-refractivity contribution in [1.82, 2.24) is 40.2 Å². The molecular formula is C19H24N8O. The Labute approximate surface area is 163 Å². The van der Waals surface area contributed by atoms with Crippen LogP contribution in [-0.4, -0.2) is 53.9 Å². The molecule has 0 spiro atoms. The fourth-order valence-corrected chi connectivity index (χ4v) is 3.39. The Bertz CT molecular complexity index is 913. The lowest BCUT2D eigenvalue weighted by molar-refractivity contribution is -0.122. The molecule has 1 aliphatic rings. The van der Waals surface area contributed by atoms with Gasteiger partial charge in [0.25, 0.3) is 0 Å². The maximum atomic E-state index is 12.5. The number of para-hydroxylation sites is 1. The van der Waals surface area contributed by atoms with E-state index in [0.717, 1.165) is 30.2 Å². The van der Waals surface area contributed by atoms with E-state index in [2.05, 4.69) is 30.8 Å². The Hall–Kier alpha value is -3.07. The summed E-state index contributed by atoms with van der Waals surface area (Å²) in [6.07, 6.45) is 6.11. The van der Waals surface area contributed by atoms with Crippen LogP contribution in [0.3, 0.4) is 0 Å². The molecule has 9 nitrogen and oxygen atoms in total. The fourth-order valence-electron chi connectivity index (χ4n) is 3.39. The zero-order valence-electron chi connectivity index (χ0n) is 15.9. The summed E-state index contributed by atoms with van der Waals surface area (Å²) in [5.74, 6) is 0.594. The molecule has 0 saturated carbocycles. The minimum absolute atomic E-state index is 0.104. The highest BCUT2D eigenvalue weighted by Crippen LogP contribution is 2.15.